The lowest BCUT2D eigenvalue weighted by atomic mass is 9.75. The van der Waals surface area contributed by atoms with E-state index < -0.39 is 5.60 Å². The minimum absolute atomic E-state index is 0.198. The lowest BCUT2D eigenvalue weighted by Crippen LogP contribution is -2.55. The van der Waals surface area contributed by atoms with Crippen molar-refractivity contribution >= 4 is 0 Å². The Hall–Kier alpha value is -0.120. The molecule has 11 heavy (non-hydrogen) atoms. The molecule has 0 saturated heterocycles. The van der Waals surface area contributed by atoms with Crippen LogP contribution in [-0.4, -0.2) is 30.0 Å². The standard InChI is InChI=1S/C8H17NO2/c1-2-11-6-7(9)8(10)4-3-5-8/h7,10H,2-6,9H2,1H3. The Labute approximate surface area is 67.5 Å². The maximum Gasteiger partial charge on any atom is 0.0820 e. The van der Waals surface area contributed by atoms with Gasteiger partial charge in [-0.2, -0.15) is 0 Å². The van der Waals surface area contributed by atoms with Gasteiger partial charge in [0.2, 0.25) is 0 Å². The second-order valence-electron chi connectivity index (χ2n) is 3.22. The summed E-state index contributed by atoms with van der Waals surface area (Å²) in [5.41, 5.74) is 5.11. The SMILES string of the molecule is CCOCC(N)C1(O)CCC1. The zero-order chi connectivity index (χ0) is 8.32. The molecule has 3 N–H and O–H groups in total. The summed E-state index contributed by atoms with van der Waals surface area (Å²) < 4.78 is 5.13. The van der Waals surface area contributed by atoms with E-state index in [1.165, 1.54) is 0 Å². The van der Waals surface area contributed by atoms with Crippen molar-refractivity contribution in [2.75, 3.05) is 13.2 Å². The van der Waals surface area contributed by atoms with E-state index in [0.29, 0.717) is 13.2 Å². The summed E-state index contributed by atoms with van der Waals surface area (Å²) in [6.45, 7) is 3.08. The minimum atomic E-state index is -0.616. The molecule has 1 saturated carbocycles. The highest BCUT2D eigenvalue weighted by atomic mass is 16.5. The summed E-state index contributed by atoms with van der Waals surface area (Å²) in [7, 11) is 0. The molecule has 3 nitrogen and oxygen atoms in total. The van der Waals surface area contributed by atoms with Gasteiger partial charge in [-0.1, -0.05) is 0 Å². The largest absolute Gasteiger partial charge is 0.388 e. The summed E-state index contributed by atoms with van der Waals surface area (Å²) in [5, 5.41) is 9.70. The molecular formula is C8H17NO2. The van der Waals surface area contributed by atoms with Gasteiger partial charge in [-0.25, -0.2) is 0 Å². The van der Waals surface area contributed by atoms with Crippen molar-refractivity contribution in [1.82, 2.24) is 0 Å². The molecule has 1 fully saturated rings. The summed E-state index contributed by atoms with van der Waals surface area (Å²) >= 11 is 0. The predicted molar refractivity (Wildman–Crippen MR) is 43.3 cm³/mol. The van der Waals surface area contributed by atoms with Crippen LogP contribution in [0.25, 0.3) is 0 Å². The number of ether oxygens (including phenoxy) is 1. The Balaban J connectivity index is 2.22. The number of rotatable bonds is 4. The fourth-order valence-corrected chi connectivity index (χ4v) is 1.31. The van der Waals surface area contributed by atoms with Gasteiger partial charge in [-0.05, 0) is 26.2 Å². The van der Waals surface area contributed by atoms with Crippen molar-refractivity contribution in [3.8, 4) is 0 Å². The van der Waals surface area contributed by atoms with E-state index in [-0.39, 0.29) is 6.04 Å². The van der Waals surface area contributed by atoms with Crippen LogP contribution >= 0.6 is 0 Å². The van der Waals surface area contributed by atoms with E-state index >= 15 is 0 Å². The highest BCUT2D eigenvalue weighted by molar-refractivity contribution is 4.96. The summed E-state index contributed by atoms with van der Waals surface area (Å²) in [5.74, 6) is 0. The van der Waals surface area contributed by atoms with Crippen molar-refractivity contribution in [1.29, 1.82) is 0 Å². The van der Waals surface area contributed by atoms with Crippen LogP contribution in [-0.2, 0) is 4.74 Å². The van der Waals surface area contributed by atoms with Gasteiger partial charge < -0.3 is 15.6 Å². The average molecular weight is 159 g/mol. The van der Waals surface area contributed by atoms with Crippen molar-refractivity contribution < 1.29 is 9.84 Å². The number of hydrogen-bond donors (Lipinski definition) is 2. The normalized spacial score (nSPS) is 24.3. The molecule has 0 amide bonds. The van der Waals surface area contributed by atoms with E-state index in [0.717, 1.165) is 19.3 Å². The van der Waals surface area contributed by atoms with Crippen LogP contribution in [0.2, 0.25) is 0 Å². The fourth-order valence-electron chi connectivity index (χ4n) is 1.31. The van der Waals surface area contributed by atoms with Crippen LogP contribution in [0, 0.1) is 0 Å². The van der Waals surface area contributed by atoms with Crippen LogP contribution in [0.4, 0.5) is 0 Å². The van der Waals surface area contributed by atoms with E-state index in [4.69, 9.17) is 10.5 Å². The van der Waals surface area contributed by atoms with Crippen molar-refractivity contribution in [3.05, 3.63) is 0 Å². The monoisotopic (exact) mass is 159 g/mol. The van der Waals surface area contributed by atoms with E-state index in [1.54, 1.807) is 0 Å². The van der Waals surface area contributed by atoms with Gasteiger partial charge in [0.25, 0.3) is 0 Å². The first-order valence-corrected chi connectivity index (χ1v) is 4.25. The molecule has 3 heteroatoms. The molecule has 0 bridgehead atoms. The quantitative estimate of drug-likeness (QED) is 0.619. The second kappa shape index (κ2) is 3.52. The van der Waals surface area contributed by atoms with Crippen molar-refractivity contribution in [2.45, 2.75) is 37.8 Å². The molecule has 0 aliphatic heterocycles. The van der Waals surface area contributed by atoms with Gasteiger partial charge in [-0.3, -0.25) is 0 Å². The maximum absolute atomic E-state index is 9.70. The molecular weight excluding hydrogens is 142 g/mol. The molecule has 0 radical (unpaired) electrons. The van der Waals surface area contributed by atoms with Gasteiger partial charge in [0.05, 0.1) is 18.2 Å². The molecule has 66 valence electrons. The van der Waals surface area contributed by atoms with Crippen LogP contribution < -0.4 is 5.73 Å². The van der Waals surface area contributed by atoms with Crippen LogP contribution in [0.5, 0.6) is 0 Å². The number of nitrogens with two attached hydrogens (primary N) is 1. The average Bonchev–Trinajstić information content (AvgIpc) is 1.95. The smallest absolute Gasteiger partial charge is 0.0820 e. The molecule has 1 aliphatic rings. The molecule has 0 aromatic carbocycles. The summed E-state index contributed by atoms with van der Waals surface area (Å²) in [6.07, 6.45) is 2.76. The Kier molecular flexibility index (Phi) is 2.87. The molecule has 1 atom stereocenters. The second-order valence-corrected chi connectivity index (χ2v) is 3.22. The zero-order valence-corrected chi connectivity index (χ0v) is 7.05. The maximum atomic E-state index is 9.70. The summed E-state index contributed by atoms with van der Waals surface area (Å²) in [6, 6.07) is -0.198. The lowest BCUT2D eigenvalue weighted by molar-refractivity contribution is -0.0740. The highest BCUT2D eigenvalue weighted by Crippen LogP contribution is 2.33. The first kappa shape index (κ1) is 8.97. The van der Waals surface area contributed by atoms with Gasteiger partial charge in [0, 0.05) is 6.61 Å². The first-order chi connectivity index (χ1) is 5.19. The predicted octanol–water partition coefficient (Wildman–Crippen LogP) is 0.265. The third-order valence-corrected chi connectivity index (χ3v) is 2.41. The van der Waals surface area contributed by atoms with Gasteiger partial charge in [0.1, 0.15) is 0 Å². The summed E-state index contributed by atoms with van der Waals surface area (Å²) in [4.78, 5) is 0. The Bertz CT molecular complexity index is 123. The third-order valence-electron chi connectivity index (χ3n) is 2.41. The fraction of sp³-hybridized carbons (Fsp3) is 1.00. The minimum Gasteiger partial charge on any atom is -0.388 e. The number of hydrogen-bond acceptors (Lipinski definition) is 3. The van der Waals surface area contributed by atoms with E-state index in [9.17, 15) is 5.11 Å². The lowest BCUT2D eigenvalue weighted by Gasteiger charge is -2.41. The van der Waals surface area contributed by atoms with Crippen LogP contribution in [0.3, 0.4) is 0 Å². The molecule has 0 aromatic heterocycles. The van der Waals surface area contributed by atoms with Gasteiger partial charge in [0.15, 0.2) is 0 Å². The first-order valence-electron chi connectivity index (χ1n) is 4.25. The topological polar surface area (TPSA) is 55.5 Å². The third kappa shape index (κ3) is 1.92. The molecule has 0 heterocycles. The highest BCUT2D eigenvalue weighted by Gasteiger charge is 2.40. The van der Waals surface area contributed by atoms with Crippen LogP contribution in [0.1, 0.15) is 26.2 Å². The van der Waals surface area contributed by atoms with E-state index in [1.807, 2.05) is 6.92 Å². The molecule has 1 unspecified atom stereocenters. The van der Waals surface area contributed by atoms with E-state index in [2.05, 4.69) is 0 Å². The number of aliphatic hydroxyl groups is 1. The Morgan fingerprint density at radius 1 is 1.64 bits per heavy atom. The zero-order valence-electron chi connectivity index (χ0n) is 7.05. The van der Waals surface area contributed by atoms with Gasteiger partial charge >= 0.3 is 0 Å². The van der Waals surface area contributed by atoms with Crippen molar-refractivity contribution in [2.24, 2.45) is 5.73 Å². The van der Waals surface area contributed by atoms with Crippen LogP contribution in [0.15, 0.2) is 0 Å². The van der Waals surface area contributed by atoms with Gasteiger partial charge in [-0.15, -0.1) is 0 Å². The molecule has 1 rings (SSSR count). The Morgan fingerprint density at radius 3 is 2.64 bits per heavy atom. The van der Waals surface area contributed by atoms with Crippen molar-refractivity contribution in [3.63, 3.8) is 0 Å². The molecule has 1 aliphatic carbocycles. The molecule has 0 spiro atoms. The molecule has 0 aromatic rings. The Morgan fingerprint density at radius 2 is 2.27 bits per heavy atom.